The second kappa shape index (κ2) is 8.06. The largest absolute Gasteiger partial charge is 0.311 e. The van der Waals surface area contributed by atoms with E-state index in [4.69, 9.17) is 11.6 Å². The van der Waals surface area contributed by atoms with E-state index in [0.717, 1.165) is 30.4 Å². The van der Waals surface area contributed by atoms with Crippen LogP contribution >= 0.6 is 27.5 Å². The van der Waals surface area contributed by atoms with E-state index >= 15 is 0 Å². The molecule has 0 radical (unpaired) electrons. The van der Waals surface area contributed by atoms with Crippen molar-refractivity contribution in [2.45, 2.75) is 38.6 Å². The first-order valence-corrected chi connectivity index (χ1v) is 7.34. The minimum atomic E-state index is 0.213. The molecule has 0 fully saturated rings. The lowest BCUT2D eigenvalue weighted by atomic mass is 9.99. The van der Waals surface area contributed by atoms with Crippen LogP contribution in [0.3, 0.4) is 0 Å². The summed E-state index contributed by atoms with van der Waals surface area (Å²) in [5.41, 5.74) is 1.17. The summed E-state index contributed by atoms with van der Waals surface area (Å²) in [6.07, 6.45) is 5.95. The van der Waals surface area contributed by atoms with Crippen molar-refractivity contribution < 1.29 is 0 Å². The molecular formula is C13H20BrClN2. The Morgan fingerprint density at radius 2 is 2.06 bits per heavy atom. The van der Waals surface area contributed by atoms with Crippen LogP contribution in [0.4, 0.5) is 0 Å². The zero-order valence-corrected chi connectivity index (χ0v) is 12.8. The van der Waals surface area contributed by atoms with Crippen LogP contribution < -0.4 is 5.32 Å². The molecule has 17 heavy (non-hydrogen) atoms. The average Bonchev–Trinajstić information content (AvgIpc) is 2.30. The van der Waals surface area contributed by atoms with E-state index in [0.29, 0.717) is 5.92 Å². The van der Waals surface area contributed by atoms with Gasteiger partial charge in [-0.05, 0) is 33.5 Å². The first-order valence-electron chi connectivity index (χ1n) is 6.11. The zero-order chi connectivity index (χ0) is 12.7. The van der Waals surface area contributed by atoms with E-state index in [2.05, 4.69) is 46.1 Å². The van der Waals surface area contributed by atoms with Gasteiger partial charge >= 0.3 is 0 Å². The van der Waals surface area contributed by atoms with Gasteiger partial charge in [0.15, 0.2) is 0 Å². The molecule has 0 saturated carbocycles. The van der Waals surface area contributed by atoms with Gasteiger partial charge in [0, 0.05) is 35.3 Å². The maximum Gasteiger partial charge on any atom is 0.0488 e. The van der Waals surface area contributed by atoms with E-state index in [9.17, 15) is 0 Å². The Morgan fingerprint density at radius 1 is 1.35 bits per heavy atom. The Morgan fingerprint density at radius 3 is 2.65 bits per heavy atom. The van der Waals surface area contributed by atoms with Gasteiger partial charge in [0.2, 0.25) is 0 Å². The fourth-order valence-electron chi connectivity index (χ4n) is 1.87. The lowest BCUT2D eigenvalue weighted by Gasteiger charge is -2.19. The van der Waals surface area contributed by atoms with Crippen LogP contribution in [0.1, 0.15) is 32.3 Å². The van der Waals surface area contributed by atoms with Gasteiger partial charge in [0.05, 0.1) is 0 Å². The van der Waals surface area contributed by atoms with Gasteiger partial charge in [0.1, 0.15) is 0 Å². The van der Waals surface area contributed by atoms with Crippen LogP contribution in [0.25, 0.3) is 0 Å². The summed E-state index contributed by atoms with van der Waals surface area (Å²) in [5, 5.41) is 3.60. The van der Waals surface area contributed by atoms with Crippen LogP contribution in [-0.4, -0.2) is 16.9 Å². The summed E-state index contributed by atoms with van der Waals surface area (Å²) in [4.78, 5) is 4.13. The van der Waals surface area contributed by atoms with Crippen LogP contribution in [0.15, 0.2) is 22.9 Å². The molecule has 1 heterocycles. The standard InChI is InChI=1S/C13H20BrClN2/c1-3-11(4-2)13(15)9-17-7-10-5-12(14)8-16-6-10/h5-6,8,11,13,17H,3-4,7,9H2,1-2H3. The molecule has 96 valence electrons. The van der Waals surface area contributed by atoms with Crippen molar-refractivity contribution in [3.8, 4) is 0 Å². The molecule has 0 amide bonds. The Hall–Kier alpha value is -0.120. The Labute approximate surface area is 117 Å². The second-order valence-corrected chi connectivity index (χ2v) is 5.71. The fourth-order valence-corrected chi connectivity index (χ4v) is 2.75. The summed E-state index contributed by atoms with van der Waals surface area (Å²) < 4.78 is 1.01. The Bertz CT molecular complexity index is 329. The smallest absolute Gasteiger partial charge is 0.0488 e. The molecule has 0 bridgehead atoms. The first kappa shape index (κ1) is 14.9. The minimum Gasteiger partial charge on any atom is -0.311 e. The minimum absolute atomic E-state index is 0.213. The number of rotatable bonds is 7. The molecule has 1 rings (SSSR count). The molecule has 1 atom stereocenters. The van der Waals surface area contributed by atoms with Crippen molar-refractivity contribution in [1.82, 2.24) is 10.3 Å². The van der Waals surface area contributed by atoms with Gasteiger partial charge in [-0.2, -0.15) is 0 Å². The maximum absolute atomic E-state index is 6.36. The maximum atomic E-state index is 6.36. The van der Waals surface area contributed by atoms with E-state index < -0.39 is 0 Å². The SMILES string of the molecule is CCC(CC)C(Cl)CNCc1cncc(Br)c1. The first-order chi connectivity index (χ1) is 8.17. The van der Waals surface area contributed by atoms with Crippen molar-refractivity contribution in [2.24, 2.45) is 5.92 Å². The molecule has 1 N–H and O–H groups in total. The zero-order valence-electron chi connectivity index (χ0n) is 10.4. The lowest BCUT2D eigenvalue weighted by Crippen LogP contribution is -2.28. The third-order valence-corrected chi connectivity index (χ3v) is 3.93. The van der Waals surface area contributed by atoms with Crippen molar-refractivity contribution in [3.63, 3.8) is 0 Å². The molecule has 1 aromatic rings. The normalized spacial score (nSPS) is 13.0. The number of hydrogen-bond acceptors (Lipinski definition) is 2. The number of nitrogens with one attached hydrogen (secondary N) is 1. The molecule has 0 aliphatic rings. The van der Waals surface area contributed by atoms with Gasteiger partial charge < -0.3 is 5.32 Å². The third-order valence-electron chi connectivity index (χ3n) is 2.99. The highest BCUT2D eigenvalue weighted by Crippen LogP contribution is 2.17. The monoisotopic (exact) mass is 318 g/mol. The van der Waals surface area contributed by atoms with E-state index in [1.807, 2.05) is 6.20 Å². The molecule has 1 aromatic heterocycles. The average molecular weight is 320 g/mol. The predicted molar refractivity (Wildman–Crippen MR) is 77.4 cm³/mol. The topological polar surface area (TPSA) is 24.9 Å². The third kappa shape index (κ3) is 5.36. The molecule has 0 saturated heterocycles. The van der Waals surface area contributed by atoms with E-state index in [1.165, 1.54) is 5.56 Å². The summed E-state index contributed by atoms with van der Waals surface area (Å²) in [6.45, 7) is 6.06. The number of hydrogen-bond donors (Lipinski definition) is 1. The molecule has 1 unspecified atom stereocenters. The number of alkyl halides is 1. The number of nitrogens with zero attached hydrogens (tertiary/aromatic N) is 1. The highest BCUT2D eigenvalue weighted by Gasteiger charge is 2.14. The fraction of sp³-hybridized carbons (Fsp3) is 0.615. The van der Waals surface area contributed by atoms with Crippen molar-refractivity contribution >= 4 is 27.5 Å². The van der Waals surface area contributed by atoms with Gasteiger partial charge in [-0.1, -0.05) is 26.7 Å². The van der Waals surface area contributed by atoms with E-state index in [1.54, 1.807) is 6.20 Å². The van der Waals surface area contributed by atoms with Crippen molar-refractivity contribution in [3.05, 3.63) is 28.5 Å². The summed E-state index contributed by atoms with van der Waals surface area (Å²) in [6, 6.07) is 2.07. The van der Waals surface area contributed by atoms with Gasteiger partial charge in [-0.3, -0.25) is 4.98 Å². The van der Waals surface area contributed by atoms with Crippen LogP contribution in [-0.2, 0) is 6.54 Å². The molecule has 0 aliphatic heterocycles. The van der Waals surface area contributed by atoms with Gasteiger partial charge in [-0.25, -0.2) is 0 Å². The quantitative estimate of drug-likeness (QED) is 0.769. The number of pyridine rings is 1. The van der Waals surface area contributed by atoms with Gasteiger partial charge in [0.25, 0.3) is 0 Å². The van der Waals surface area contributed by atoms with Crippen molar-refractivity contribution in [2.75, 3.05) is 6.54 Å². The predicted octanol–water partition coefficient (Wildman–Crippen LogP) is 3.98. The molecule has 0 aromatic carbocycles. The van der Waals surface area contributed by atoms with Crippen LogP contribution in [0.2, 0.25) is 0 Å². The number of halogens is 2. The number of aromatic nitrogens is 1. The lowest BCUT2D eigenvalue weighted by molar-refractivity contribution is 0.446. The molecular weight excluding hydrogens is 300 g/mol. The summed E-state index contributed by atoms with van der Waals surface area (Å²) >= 11 is 9.77. The summed E-state index contributed by atoms with van der Waals surface area (Å²) in [5.74, 6) is 0.602. The Kier molecular flexibility index (Phi) is 7.09. The van der Waals surface area contributed by atoms with E-state index in [-0.39, 0.29) is 5.38 Å². The highest BCUT2D eigenvalue weighted by molar-refractivity contribution is 9.10. The Balaban J connectivity index is 2.32. The van der Waals surface area contributed by atoms with Gasteiger partial charge in [-0.15, -0.1) is 11.6 Å². The van der Waals surface area contributed by atoms with Crippen LogP contribution in [0, 0.1) is 5.92 Å². The molecule has 2 nitrogen and oxygen atoms in total. The molecule has 4 heteroatoms. The molecule has 0 aliphatic carbocycles. The van der Waals surface area contributed by atoms with Crippen LogP contribution in [0.5, 0.6) is 0 Å². The second-order valence-electron chi connectivity index (χ2n) is 4.23. The molecule has 0 spiro atoms. The highest BCUT2D eigenvalue weighted by atomic mass is 79.9. The van der Waals surface area contributed by atoms with Crippen molar-refractivity contribution in [1.29, 1.82) is 0 Å². The summed E-state index contributed by atoms with van der Waals surface area (Å²) in [7, 11) is 0.